The minimum absolute atomic E-state index is 0.156. The number of aliphatic hydroxyl groups excluding tert-OH is 1. The van der Waals surface area contributed by atoms with Crippen LogP contribution in [0.4, 0.5) is 0 Å². The molecule has 0 aromatic rings. The fourth-order valence-corrected chi connectivity index (χ4v) is 1.35. The Morgan fingerprint density at radius 2 is 2.00 bits per heavy atom. The van der Waals surface area contributed by atoms with Crippen molar-refractivity contribution in [2.24, 2.45) is 0 Å². The van der Waals surface area contributed by atoms with E-state index in [1.54, 1.807) is 0 Å². The zero-order valence-electron chi connectivity index (χ0n) is 5.64. The fourth-order valence-electron chi connectivity index (χ4n) is 1.35. The lowest BCUT2D eigenvalue weighted by Gasteiger charge is -2.26. The van der Waals surface area contributed by atoms with Crippen LogP contribution in [0.25, 0.3) is 0 Å². The van der Waals surface area contributed by atoms with Crippen molar-refractivity contribution < 1.29 is 5.11 Å². The van der Waals surface area contributed by atoms with Crippen LogP contribution in [0.3, 0.4) is 0 Å². The largest absolute Gasteiger partial charge is 0.392 e. The molecule has 0 aliphatic heterocycles. The highest BCUT2D eigenvalue weighted by Gasteiger charge is 2.20. The van der Waals surface area contributed by atoms with Gasteiger partial charge < -0.3 is 10.4 Å². The molecule has 1 rings (SSSR count). The van der Waals surface area contributed by atoms with Gasteiger partial charge in [-0.2, -0.15) is 0 Å². The zero-order chi connectivity index (χ0) is 6.69. The van der Waals surface area contributed by atoms with Gasteiger partial charge in [0.1, 0.15) is 0 Å². The highest BCUT2D eigenvalue weighted by molar-refractivity contribution is 4.79. The molecule has 0 amide bonds. The van der Waals surface area contributed by atoms with Gasteiger partial charge in [0, 0.05) is 13.1 Å². The second kappa shape index (κ2) is 3.18. The van der Waals surface area contributed by atoms with Crippen molar-refractivity contribution in [3.63, 3.8) is 0 Å². The van der Waals surface area contributed by atoms with Crippen LogP contribution in [0.2, 0.25) is 0 Å². The highest BCUT2D eigenvalue weighted by Crippen LogP contribution is 2.17. The van der Waals surface area contributed by atoms with Gasteiger partial charge >= 0.3 is 0 Å². The van der Waals surface area contributed by atoms with Crippen LogP contribution in [0, 0.1) is 7.05 Å². The highest BCUT2D eigenvalue weighted by atomic mass is 16.3. The van der Waals surface area contributed by atoms with Gasteiger partial charge in [-0.1, -0.05) is 12.8 Å². The van der Waals surface area contributed by atoms with Gasteiger partial charge in [-0.25, -0.2) is 0 Å². The van der Waals surface area contributed by atoms with E-state index in [0.29, 0.717) is 0 Å². The quantitative estimate of drug-likeness (QED) is 0.544. The van der Waals surface area contributed by atoms with Gasteiger partial charge in [0.25, 0.3) is 0 Å². The lowest BCUT2D eigenvalue weighted by atomic mass is 9.93. The topological polar surface area (TPSA) is 32.3 Å². The first-order chi connectivity index (χ1) is 4.34. The number of aliphatic hydroxyl groups is 1. The van der Waals surface area contributed by atoms with Gasteiger partial charge in [-0.3, -0.25) is 0 Å². The minimum atomic E-state index is -0.156. The summed E-state index contributed by atoms with van der Waals surface area (Å²) in [6.07, 6.45) is 4.25. The molecule has 1 saturated carbocycles. The van der Waals surface area contributed by atoms with Crippen LogP contribution in [-0.2, 0) is 0 Å². The van der Waals surface area contributed by atoms with Crippen molar-refractivity contribution in [2.75, 3.05) is 0 Å². The first-order valence-corrected chi connectivity index (χ1v) is 3.55. The molecule has 53 valence electrons. The van der Waals surface area contributed by atoms with Crippen molar-refractivity contribution in [3.05, 3.63) is 7.05 Å². The zero-order valence-corrected chi connectivity index (χ0v) is 5.64. The second-order valence-electron chi connectivity index (χ2n) is 2.66. The van der Waals surface area contributed by atoms with Crippen molar-refractivity contribution in [1.29, 1.82) is 0 Å². The summed E-state index contributed by atoms with van der Waals surface area (Å²) >= 11 is 0. The van der Waals surface area contributed by atoms with Gasteiger partial charge in [0.2, 0.25) is 0 Å². The number of hydrogen-bond donors (Lipinski definition) is 2. The first kappa shape index (κ1) is 7.03. The third-order valence-corrected chi connectivity index (χ3v) is 1.99. The average molecular weight is 128 g/mol. The molecule has 2 nitrogen and oxygen atoms in total. The lowest BCUT2D eigenvalue weighted by molar-refractivity contribution is 0.0970. The second-order valence-corrected chi connectivity index (χ2v) is 2.66. The minimum Gasteiger partial charge on any atom is -0.392 e. The average Bonchev–Trinajstić information content (AvgIpc) is 1.89. The molecular formula is C7H14NO. The van der Waals surface area contributed by atoms with E-state index in [-0.39, 0.29) is 12.1 Å². The molecule has 1 aliphatic carbocycles. The Bertz CT molecular complexity index is 85.0. The molecule has 9 heavy (non-hydrogen) atoms. The molecule has 0 bridgehead atoms. The Balaban J connectivity index is 2.30. The summed E-state index contributed by atoms with van der Waals surface area (Å²) in [6.45, 7) is 0. The van der Waals surface area contributed by atoms with Crippen LogP contribution in [-0.4, -0.2) is 17.3 Å². The molecule has 1 fully saturated rings. The first-order valence-electron chi connectivity index (χ1n) is 3.55. The van der Waals surface area contributed by atoms with Crippen LogP contribution in [0.15, 0.2) is 0 Å². The molecular weight excluding hydrogens is 114 g/mol. The van der Waals surface area contributed by atoms with E-state index in [2.05, 4.69) is 12.4 Å². The van der Waals surface area contributed by atoms with E-state index in [4.69, 9.17) is 0 Å². The lowest BCUT2D eigenvalue weighted by Crippen LogP contribution is -2.38. The van der Waals surface area contributed by atoms with Crippen molar-refractivity contribution >= 4 is 0 Å². The SMILES string of the molecule is [CH2]N[C@@H]1CCCC[C@@H]1O. The van der Waals surface area contributed by atoms with E-state index < -0.39 is 0 Å². The predicted molar refractivity (Wildman–Crippen MR) is 36.8 cm³/mol. The molecule has 0 aromatic carbocycles. The molecule has 0 unspecified atom stereocenters. The predicted octanol–water partition coefficient (Wildman–Crippen LogP) is 0.671. The third-order valence-electron chi connectivity index (χ3n) is 1.99. The Kier molecular flexibility index (Phi) is 2.49. The summed E-state index contributed by atoms with van der Waals surface area (Å²) in [5, 5.41) is 12.1. The summed E-state index contributed by atoms with van der Waals surface area (Å²) in [5.74, 6) is 0. The molecule has 0 heterocycles. The molecule has 2 atom stereocenters. The molecule has 2 heteroatoms. The molecule has 2 N–H and O–H groups in total. The smallest absolute Gasteiger partial charge is 0.0693 e. The van der Waals surface area contributed by atoms with Crippen LogP contribution >= 0.6 is 0 Å². The monoisotopic (exact) mass is 128 g/mol. The fraction of sp³-hybridized carbons (Fsp3) is 0.857. The number of nitrogens with one attached hydrogen (secondary N) is 1. The molecule has 0 aromatic heterocycles. The maximum absolute atomic E-state index is 9.27. The summed E-state index contributed by atoms with van der Waals surface area (Å²) in [4.78, 5) is 0. The van der Waals surface area contributed by atoms with Gasteiger partial charge in [-0.05, 0) is 12.8 Å². The van der Waals surface area contributed by atoms with Crippen molar-refractivity contribution in [2.45, 2.75) is 37.8 Å². The summed E-state index contributed by atoms with van der Waals surface area (Å²) in [7, 11) is 3.55. The standard InChI is InChI=1S/C7H14NO/c1-8-6-4-2-3-5-7(6)9/h6-9H,1-5H2/t6-,7+/m1/s1. The van der Waals surface area contributed by atoms with Crippen molar-refractivity contribution in [3.8, 4) is 0 Å². The summed E-state index contributed by atoms with van der Waals surface area (Å²) < 4.78 is 0. The maximum Gasteiger partial charge on any atom is 0.0693 e. The van der Waals surface area contributed by atoms with E-state index in [1.165, 1.54) is 12.8 Å². The third kappa shape index (κ3) is 1.66. The molecule has 1 aliphatic rings. The molecule has 1 radical (unpaired) electrons. The van der Waals surface area contributed by atoms with Crippen LogP contribution in [0.1, 0.15) is 25.7 Å². The van der Waals surface area contributed by atoms with Crippen LogP contribution in [0.5, 0.6) is 0 Å². The van der Waals surface area contributed by atoms with Crippen molar-refractivity contribution in [1.82, 2.24) is 5.32 Å². The Morgan fingerprint density at radius 1 is 1.33 bits per heavy atom. The van der Waals surface area contributed by atoms with E-state index in [1.807, 2.05) is 0 Å². The maximum atomic E-state index is 9.27. The normalized spacial score (nSPS) is 36.7. The Morgan fingerprint density at radius 3 is 2.44 bits per heavy atom. The Hall–Kier alpha value is -0.0800. The molecule has 0 saturated heterocycles. The van der Waals surface area contributed by atoms with Gasteiger partial charge in [-0.15, -0.1) is 0 Å². The van der Waals surface area contributed by atoms with Gasteiger partial charge in [0.05, 0.1) is 6.10 Å². The number of hydrogen-bond acceptors (Lipinski definition) is 2. The summed E-state index contributed by atoms with van der Waals surface area (Å²) in [6, 6.07) is 0.249. The van der Waals surface area contributed by atoms with Gasteiger partial charge in [0.15, 0.2) is 0 Å². The van der Waals surface area contributed by atoms with E-state index >= 15 is 0 Å². The van der Waals surface area contributed by atoms with E-state index in [9.17, 15) is 5.11 Å². The molecule has 0 spiro atoms. The van der Waals surface area contributed by atoms with E-state index in [0.717, 1.165) is 12.8 Å². The van der Waals surface area contributed by atoms with Crippen LogP contribution < -0.4 is 5.32 Å². The summed E-state index contributed by atoms with van der Waals surface area (Å²) in [5.41, 5.74) is 0. The number of rotatable bonds is 1. The Labute approximate surface area is 56.3 Å².